The number of urea groups is 1. The van der Waals surface area contributed by atoms with Crippen LogP contribution in [0.2, 0.25) is 5.02 Å². The molecule has 0 spiro atoms. The average molecular weight is 272 g/mol. The minimum Gasteiger partial charge on any atom is -0.350 e. The van der Waals surface area contributed by atoms with Gasteiger partial charge in [0, 0.05) is 24.8 Å². The van der Waals surface area contributed by atoms with E-state index in [0.29, 0.717) is 16.3 Å². The van der Waals surface area contributed by atoms with Crippen LogP contribution in [0, 0.1) is 0 Å². The van der Waals surface area contributed by atoms with Gasteiger partial charge in [0.1, 0.15) is 5.71 Å². The average Bonchev–Trinajstić information content (AvgIpc) is 2.35. The molecule has 0 aromatic heterocycles. The second-order valence-corrected chi connectivity index (χ2v) is 3.72. The van der Waals surface area contributed by atoms with Gasteiger partial charge < -0.3 is 15.2 Å². The second kappa shape index (κ2) is 6.95. The first-order chi connectivity index (χ1) is 8.58. The van der Waals surface area contributed by atoms with E-state index in [4.69, 9.17) is 26.8 Å². The van der Waals surface area contributed by atoms with Gasteiger partial charge in [0.25, 0.3) is 0 Å². The molecule has 0 heterocycles. The molecule has 6 nitrogen and oxygen atoms in total. The van der Waals surface area contributed by atoms with Crippen LogP contribution >= 0.6 is 11.6 Å². The van der Waals surface area contributed by atoms with E-state index < -0.39 is 12.3 Å². The van der Waals surface area contributed by atoms with Crippen molar-refractivity contribution in [3.05, 3.63) is 34.9 Å². The third-order valence-electron chi connectivity index (χ3n) is 2.08. The molecule has 1 aromatic carbocycles. The zero-order valence-electron chi connectivity index (χ0n) is 10.0. The Morgan fingerprint density at radius 2 is 1.89 bits per heavy atom. The second-order valence-electron chi connectivity index (χ2n) is 3.28. The summed E-state index contributed by atoms with van der Waals surface area (Å²) in [6.07, 6.45) is -0.724. The maximum absolute atomic E-state index is 10.7. The molecule has 0 fully saturated rings. The number of carbonyl (C=O) groups excluding carboxylic acids is 1. The summed E-state index contributed by atoms with van der Waals surface area (Å²) in [5.41, 5.74) is 8.19. The van der Waals surface area contributed by atoms with Crippen LogP contribution in [0.5, 0.6) is 0 Å². The zero-order chi connectivity index (χ0) is 13.5. The van der Waals surface area contributed by atoms with Crippen LogP contribution in [0.4, 0.5) is 4.79 Å². The van der Waals surface area contributed by atoms with Crippen LogP contribution in [0.25, 0.3) is 0 Å². The summed E-state index contributed by atoms with van der Waals surface area (Å²) in [5.74, 6) is 0. The maximum atomic E-state index is 10.7. The standard InChI is InChI=1S/C11H14ClN3O3/c1-17-10(18-2)9(14-15-11(13)16)7-3-5-8(12)6-4-7/h3-6,10H,1-2H3,(H3,13,15,16)/b14-9+. The normalized spacial score (nSPS) is 11.7. The van der Waals surface area contributed by atoms with Crippen LogP contribution in [0.3, 0.4) is 0 Å². The van der Waals surface area contributed by atoms with Gasteiger partial charge in [-0.3, -0.25) is 0 Å². The summed E-state index contributed by atoms with van der Waals surface area (Å²) in [6.45, 7) is 0. The summed E-state index contributed by atoms with van der Waals surface area (Å²) in [6, 6.07) is 6.08. The lowest BCUT2D eigenvalue weighted by atomic mass is 10.1. The number of methoxy groups -OCH3 is 2. The molecule has 0 radical (unpaired) electrons. The highest BCUT2D eigenvalue weighted by Crippen LogP contribution is 2.13. The van der Waals surface area contributed by atoms with Crippen molar-refractivity contribution in [1.82, 2.24) is 5.43 Å². The van der Waals surface area contributed by atoms with Crippen molar-refractivity contribution in [2.75, 3.05) is 14.2 Å². The van der Waals surface area contributed by atoms with Crippen molar-refractivity contribution < 1.29 is 14.3 Å². The number of rotatable bonds is 5. The van der Waals surface area contributed by atoms with E-state index >= 15 is 0 Å². The summed E-state index contributed by atoms with van der Waals surface area (Å²) < 4.78 is 10.2. The molecule has 3 N–H and O–H groups in total. The Hall–Kier alpha value is -1.63. The summed E-state index contributed by atoms with van der Waals surface area (Å²) in [5, 5.41) is 4.45. The topological polar surface area (TPSA) is 85.9 Å². The molecule has 18 heavy (non-hydrogen) atoms. The monoisotopic (exact) mass is 271 g/mol. The number of nitrogens with two attached hydrogens (primary N) is 1. The van der Waals surface area contributed by atoms with Gasteiger partial charge in [-0.25, -0.2) is 10.2 Å². The molecule has 0 bridgehead atoms. The van der Waals surface area contributed by atoms with Gasteiger partial charge >= 0.3 is 6.03 Å². The van der Waals surface area contributed by atoms with Crippen molar-refractivity contribution in [3.63, 3.8) is 0 Å². The quantitative estimate of drug-likeness (QED) is 0.481. The molecule has 0 atom stereocenters. The van der Waals surface area contributed by atoms with Crippen molar-refractivity contribution in [1.29, 1.82) is 0 Å². The maximum Gasteiger partial charge on any atom is 0.332 e. The third-order valence-corrected chi connectivity index (χ3v) is 2.33. The van der Waals surface area contributed by atoms with Gasteiger partial charge in [0.2, 0.25) is 6.29 Å². The largest absolute Gasteiger partial charge is 0.350 e. The van der Waals surface area contributed by atoms with Gasteiger partial charge in [-0.05, 0) is 12.1 Å². The first-order valence-corrected chi connectivity index (χ1v) is 5.40. The minimum absolute atomic E-state index is 0.385. The molecule has 0 saturated heterocycles. The number of nitrogens with zero attached hydrogens (tertiary/aromatic N) is 1. The van der Waals surface area contributed by atoms with E-state index in [9.17, 15) is 4.79 Å². The number of amides is 2. The van der Waals surface area contributed by atoms with Gasteiger partial charge in [-0.1, -0.05) is 23.7 Å². The molecule has 0 unspecified atom stereocenters. The van der Waals surface area contributed by atoms with E-state index in [2.05, 4.69) is 10.5 Å². The Balaban J connectivity index is 3.06. The lowest BCUT2D eigenvalue weighted by Crippen LogP contribution is -2.32. The summed E-state index contributed by atoms with van der Waals surface area (Å²) in [4.78, 5) is 10.7. The number of primary amides is 1. The van der Waals surface area contributed by atoms with Gasteiger partial charge in [0.15, 0.2) is 0 Å². The number of hydrogen-bond acceptors (Lipinski definition) is 4. The number of hydrogen-bond donors (Lipinski definition) is 2. The fourth-order valence-corrected chi connectivity index (χ4v) is 1.43. The molecule has 0 aliphatic carbocycles. The Bertz CT molecular complexity index is 430. The molecule has 1 rings (SSSR count). The fraction of sp³-hybridized carbons (Fsp3) is 0.273. The van der Waals surface area contributed by atoms with Crippen molar-refractivity contribution in [2.45, 2.75) is 6.29 Å². The highest BCUT2D eigenvalue weighted by Gasteiger charge is 2.17. The SMILES string of the molecule is COC(OC)/C(=N/NC(N)=O)c1ccc(Cl)cc1. The molecule has 0 aliphatic rings. The van der Waals surface area contributed by atoms with Crippen LogP contribution in [-0.2, 0) is 9.47 Å². The summed E-state index contributed by atoms with van der Waals surface area (Å²) in [7, 11) is 2.92. The van der Waals surface area contributed by atoms with E-state index in [1.807, 2.05) is 0 Å². The van der Waals surface area contributed by atoms with Crippen molar-refractivity contribution in [3.8, 4) is 0 Å². The van der Waals surface area contributed by atoms with Gasteiger partial charge in [-0.15, -0.1) is 0 Å². The minimum atomic E-state index is -0.771. The number of benzene rings is 1. The van der Waals surface area contributed by atoms with Gasteiger partial charge in [0.05, 0.1) is 0 Å². The van der Waals surface area contributed by atoms with Crippen LogP contribution in [0.1, 0.15) is 5.56 Å². The lowest BCUT2D eigenvalue weighted by Gasteiger charge is -2.16. The smallest absolute Gasteiger partial charge is 0.332 e. The van der Waals surface area contributed by atoms with Crippen LogP contribution in [-0.4, -0.2) is 32.3 Å². The third kappa shape index (κ3) is 3.99. The van der Waals surface area contributed by atoms with Crippen molar-refractivity contribution >= 4 is 23.3 Å². The lowest BCUT2D eigenvalue weighted by molar-refractivity contribution is -0.0517. The highest BCUT2D eigenvalue weighted by molar-refractivity contribution is 6.30. The Labute approximate surface area is 110 Å². The molecule has 0 aliphatic heterocycles. The Morgan fingerprint density at radius 1 is 1.33 bits per heavy atom. The molecule has 7 heteroatoms. The fourth-order valence-electron chi connectivity index (χ4n) is 1.31. The Kier molecular flexibility index (Phi) is 5.57. The van der Waals surface area contributed by atoms with E-state index in [1.165, 1.54) is 14.2 Å². The highest BCUT2D eigenvalue weighted by atomic mass is 35.5. The number of carbonyl (C=O) groups is 1. The molecular weight excluding hydrogens is 258 g/mol. The van der Waals surface area contributed by atoms with Gasteiger partial charge in [-0.2, -0.15) is 5.10 Å². The number of hydrazone groups is 1. The molecule has 98 valence electrons. The van der Waals surface area contributed by atoms with E-state index in [-0.39, 0.29) is 0 Å². The molecule has 2 amide bonds. The first kappa shape index (κ1) is 14.4. The predicted molar refractivity (Wildman–Crippen MR) is 68.5 cm³/mol. The number of nitrogens with one attached hydrogen (secondary N) is 1. The molecule has 0 saturated carbocycles. The van der Waals surface area contributed by atoms with Crippen molar-refractivity contribution in [2.24, 2.45) is 10.8 Å². The van der Waals surface area contributed by atoms with Crippen LogP contribution in [0.15, 0.2) is 29.4 Å². The Morgan fingerprint density at radius 3 is 2.33 bits per heavy atom. The van der Waals surface area contributed by atoms with E-state index in [0.717, 1.165) is 0 Å². The summed E-state index contributed by atoms with van der Waals surface area (Å²) >= 11 is 5.80. The number of ether oxygens (including phenoxy) is 2. The van der Waals surface area contributed by atoms with Crippen LogP contribution < -0.4 is 11.2 Å². The predicted octanol–water partition coefficient (Wildman–Crippen LogP) is 1.33. The molecular formula is C11H14ClN3O3. The molecule has 1 aromatic rings. The number of halogens is 1. The zero-order valence-corrected chi connectivity index (χ0v) is 10.8. The van der Waals surface area contributed by atoms with E-state index in [1.54, 1.807) is 24.3 Å². The first-order valence-electron chi connectivity index (χ1n) is 5.03.